The molecule has 0 aliphatic carbocycles. The highest BCUT2D eigenvalue weighted by Gasteiger charge is 2.09. The van der Waals surface area contributed by atoms with E-state index in [1.54, 1.807) is 30.6 Å². The first kappa shape index (κ1) is 12.1. The van der Waals surface area contributed by atoms with Gasteiger partial charge in [0.25, 0.3) is 5.91 Å². The molecule has 4 nitrogen and oxygen atoms in total. The molecule has 2 rings (SSSR count). The number of aromatic nitrogens is 1. The number of rotatable bonds is 3. The molecule has 0 spiro atoms. The molecule has 0 atom stereocenters. The smallest absolute Gasteiger partial charge is 0.255 e. The van der Waals surface area contributed by atoms with E-state index in [0.717, 1.165) is 11.1 Å². The van der Waals surface area contributed by atoms with Gasteiger partial charge >= 0.3 is 0 Å². The van der Waals surface area contributed by atoms with E-state index in [-0.39, 0.29) is 17.2 Å². The minimum absolute atomic E-state index is 0.0125. The van der Waals surface area contributed by atoms with Crippen molar-refractivity contribution in [1.82, 2.24) is 10.3 Å². The van der Waals surface area contributed by atoms with Gasteiger partial charge in [0.1, 0.15) is 5.75 Å². The molecule has 0 fully saturated rings. The highest BCUT2D eigenvalue weighted by atomic mass is 16.3. The van der Waals surface area contributed by atoms with Gasteiger partial charge in [-0.05, 0) is 36.2 Å². The van der Waals surface area contributed by atoms with Crippen LogP contribution < -0.4 is 5.32 Å². The molecular formula is C14H14N2O2. The van der Waals surface area contributed by atoms with Crippen molar-refractivity contribution in [2.75, 3.05) is 0 Å². The van der Waals surface area contributed by atoms with Crippen molar-refractivity contribution in [3.05, 3.63) is 59.4 Å². The molecule has 1 amide bonds. The first-order valence-electron chi connectivity index (χ1n) is 5.64. The second-order valence-corrected chi connectivity index (χ2v) is 4.00. The quantitative estimate of drug-likeness (QED) is 0.865. The summed E-state index contributed by atoms with van der Waals surface area (Å²) < 4.78 is 0. The molecule has 0 saturated carbocycles. The fourth-order valence-corrected chi connectivity index (χ4v) is 1.64. The van der Waals surface area contributed by atoms with Crippen molar-refractivity contribution < 1.29 is 9.90 Å². The Bertz CT molecular complexity index is 567. The maximum atomic E-state index is 11.9. The summed E-state index contributed by atoms with van der Waals surface area (Å²) in [6, 6.07) is 8.34. The number of nitrogens with one attached hydrogen (secondary N) is 1. The van der Waals surface area contributed by atoms with Crippen LogP contribution in [0.2, 0.25) is 0 Å². The van der Waals surface area contributed by atoms with E-state index >= 15 is 0 Å². The molecule has 0 saturated heterocycles. The predicted octanol–water partition coefficient (Wildman–Crippen LogP) is 2.03. The second kappa shape index (κ2) is 5.31. The van der Waals surface area contributed by atoms with Gasteiger partial charge in [-0.2, -0.15) is 0 Å². The van der Waals surface area contributed by atoms with Crippen molar-refractivity contribution in [1.29, 1.82) is 0 Å². The third-order valence-corrected chi connectivity index (χ3v) is 2.72. The molecule has 0 aliphatic heterocycles. The first-order valence-corrected chi connectivity index (χ1v) is 5.64. The normalized spacial score (nSPS) is 10.1. The van der Waals surface area contributed by atoms with Gasteiger partial charge in [0.05, 0.1) is 5.56 Å². The molecule has 0 radical (unpaired) electrons. The number of aryl methyl sites for hydroxylation is 1. The summed E-state index contributed by atoms with van der Waals surface area (Å²) in [4.78, 5) is 15.9. The number of phenolic OH excluding ortho intramolecular Hbond substituents is 1. The minimum atomic E-state index is -0.288. The van der Waals surface area contributed by atoms with Gasteiger partial charge in [0.15, 0.2) is 0 Å². The Kier molecular flexibility index (Phi) is 3.57. The average Bonchev–Trinajstić information content (AvgIpc) is 2.38. The highest BCUT2D eigenvalue weighted by Crippen LogP contribution is 2.15. The largest absolute Gasteiger partial charge is 0.507 e. The van der Waals surface area contributed by atoms with Crippen molar-refractivity contribution in [2.45, 2.75) is 13.5 Å². The van der Waals surface area contributed by atoms with Crippen LogP contribution in [0.15, 0.2) is 42.7 Å². The van der Waals surface area contributed by atoms with Gasteiger partial charge in [0.2, 0.25) is 0 Å². The van der Waals surface area contributed by atoms with Crippen LogP contribution in [0.25, 0.3) is 0 Å². The van der Waals surface area contributed by atoms with Gasteiger partial charge in [-0.1, -0.05) is 12.1 Å². The summed E-state index contributed by atoms with van der Waals surface area (Å²) in [6.45, 7) is 2.36. The number of hydrogen-bond donors (Lipinski definition) is 2. The molecule has 18 heavy (non-hydrogen) atoms. The van der Waals surface area contributed by atoms with Gasteiger partial charge in [-0.15, -0.1) is 0 Å². The molecule has 1 aromatic carbocycles. The van der Waals surface area contributed by atoms with Crippen LogP contribution in [-0.4, -0.2) is 16.0 Å². The summed E-state index contributed by atoms with van der Waals surface area (Å²) in [5, 5.41) is 12.3. The van der Waals surface area contributed by atoms with Gasteiger partial charge in [-0.25, -0.2) is 0 Å². The number of benzene rings is 1. The fraction of sp³-hybridized carbons (Fsp3) is 0.143. The van der Waals surface area contributed by atoms with Crippen LogP contribution in [0.4, 0.5) is 0 Å². The van der Waals surface area contributed by atoms with Crippen molar-refractivity contribution in [3.8, 4) is 5.75 Å². The Labute approximate surface area is 105 Å². The Morgan fingerprint density at radius 2 is 2.11 bits per heavy atom. The van der Waals surface area contributed by atoms with E-state index < -0.39 is 0 Å². The lowest BCUT2D eigenvalue weighted by molar-refractivity contribution is 0.0948. The summed E-state index contributed by atoms with van der Waals surface area (Å²) in [6.07, 6.45) is 3.44. The monoisotopic (exact) mass is 242 g/mol. The predicted molar refractivity (Wildman–Crippen MR) is 68.3 cm³/mol. The summed E-state index contributed by atoms with van der Waals surface area (Å²) in [5.74, 6) is -0.300. The molecule has 0 aliphatic rings. The Morgan fingerprint density at radius 1 is 1.33 bits per heavy atom. The maximum Gasteiger partial charge on any atom is 0.255 e. The molecule has 1 heterocycles. The molecule has 4 heteroatoms. The molecule has 0 unspecified atom stereocenters. The molecule has 2 aromatic rings. The molecule has 0 bridgehead atoms. The molecule has 92 valence electrons. The third-order valence-electron chi connectivity index (χ3n) is 2.72. The van der Waals surface area contributed by atoms with E-state index in [0.29, 0.717) is 6.54 Å². The van der Waals surface area contributed by atoms with Crippen LogP contribution in [0.5, 0.6) is 5.75 Å². The lowest BCUT2D eigenvalue weighted by Gasteiger charge is -2.08. The third kappa shape index (κ3) is 2.66. The lowest BCUT2D eigenvalue weighted by atomic mass is 10.1. The van der Waals surface area contributed by atoms with Crippen LogP contribution in [0, 0.1) is 6.92 Å². The summed E-state index contributed by atoms with van der Waals surface area (Å²) in [5.41, 5.74) is 2.31. The zero-order chi connectivity index (χ0) is 13.0. The maximum absolute atomic E-state index is 11.9. The molecule has 1 aromatic heterocycles. The van der Waals surface area contributed by atoms with Crippen molar-refractivity contribution in [3.63, 3.8) is 0 Å². The number of nitrogens with zero attached hydrogens (tertiary/aromatic N) is 1. The summed E-state index contributed by atoms with van der Waals surface area (Å²) >= 11 is 0. The zero-order valence-corrected chi connectivity index (χ0v) is 10.1. The SMILES string of the molecule is Cc1cnccc1CNC(=O)c1ccccc1O. The van der Waals surface area contributed by atoms with E-state index in [9.17, 15) is 9.90 Å². The number of pyridine rings is 1. The highest BCUT2D eigenvalue weighted by molar-refractivity contribution is 5.96. The van der Waals surface area contributed by atoms with E-state index in [1.165, 1.54) is 6.07 Å². The Morgan fingerprint density at radius 3 is 2.83 bits per heavy atom. The van der Waals surface area contributed by atoms with Gasteiger partial charge in [-0.3, -0.25) is 9.78 Å². The second-order valence-electron chi connectivity index (χ2n) is 4.00. The number of phenols is 1. The standard InChI is InChI=1S/C14H14N2O2/c1-10-8-15-7-6-11(10)9-16-14(18)12-4-2-3-5-13(12)17/h2-8,17H,9H2,1H3,(H,16,18). The van der Waals surface area contributed by atoms with E-state index in [4.69, 9.17) is 0 Å². The fourth-order valence-electron chi connectivity index (χ4n) is 1.64. The number of carbonyl (C=O) groups is 1. The number of carbonyl (C=O) groups excluding carboxylic acids is 1. The van der Waals surface area contributed by atoms with Crippen LogP contribution in [0.1, 0.15) is 21.5 Å². The van der Waals surface area contributed by atoms with Crippen LogP contribution in [0.3, 0.4) is 0 Å². The number of aromatic hydroxyl groups is 1. The van der Waals surface area contributed by atoms with Crippen LogP contribution in [-0.2, 0) is 6.54 Å². The number of hydrogen-bond acceptors (Lipinski definition) is 3. The number of para-hydroxylation sites is 1. The molecular weight excluding hydrogens is 228 g/mol. The van der Waals surface area contributed by atoms with Crippen molar-refractivity contribution >= 4 is 5.91 Å². The molecule has 2 N–H and O–H groups in total. The average molecular weight is 242 g/mol. The topological polar surface area (TPSA) is 62.2 Å². The minimum Gasteiger partial charge on any atom is -0.507 e. The van der Waals surface area contributed by atoms with Crippen LogP contribution >= 0.6 is 0 Å². The van der Waals surface area contributed by atoms with Crippen molar-refractivity contribution in [2.24, 2.45) is 0 Å². The van der Waals surface area contributed by atoms with Gasteiger partial charge in [0, 0.05) is 18.9 Å². The van der Waals surface area contributed by atoms with E-state index in [2.05, 4.69) is 10.3 Å². The van der Waals surface area contributed by atoms with Gasteiger partial charge < -0.3 is 10.4 Å². The summed E-state index contributed by atoms with van der Waals surface area (Å²) in [7, 11) is 0. The number of amides is 1. The zero-order valence-electron chi connectivity index (χ0n) is 10.1. The Hall–Kier alpha value is -2.36. The first-order chi connectivity index (χ1) is 8.68. The Balaban J connectivity index is 2.06. The lowest BCUT2D eigenvalue weighted by Crippen LogP contribution is -2.23. The van der Waals surface area contributed by atoms with E-state index in [1.807, 2.05) is 13.0 Å².